The highest BCUT2D eigenvalue weighted by molar-refractivity contribution is 5.92. The van der Waals surface area contributed by atoms with E-state index < -0.39 is 0 Å². The molecule has 1 aromatic carbocycles. The maximum atomic E-state index is 12.6. The van der Waals surface area contributed by atoms with Crippen LogP contribution in [0.1, 0.15) is 52.0 Å². The average Bonchev–Trinajstić information content (AvgIpc) is 3.07. The fourth-order valence-corrected chi connectivity index (χ4v) is 3.90. The van der Waals surface area contributed by atoms with Crippen molar-refractivity contribution >= 4 is 11.6 Å². The Morgan fingerprint density at radius 2 is 1.85 bits per heavy atom. The summed E-state index contributed by atoms with van der Waals surface area (Å²) in [6.07, 6.45) is 8.92. The van der Waals surface area contributed by atoms with Crippen LogP contribution in [-0.4, -0.2) is 15.7 Å². The molecule has 0 unspecified atom stereocenters. The Labute approximate surface area is 157 Å². The molecule has 1 saturated carbocycles. The first-order chi connectivity index (χ1) is 12.4. The summed E-state index contributed by atoms with van der Waals surface area (Å²) in [7, 11) is 0. The van der Waals surface area contributed by atoms with Crippen molar-refractivity contribution in [2.75, 3.05) is 5.32 Å². The summed E-state index contributed by atoms with van der Waals surface area (Å²) in [6, 6.07) is 10.4. The molecule has 1 aliphatic carbocycles. The van der Waals surface area contributed by atoms with E-state index in [-0.39, 0.29) is 11.8 Å². The number of nitrogens with one attached hydrogen (secondary N) is 1. The zero-order chi connectivity index (χ0) is 18.6. The summed E-state index contributed by atoms with van der Waals surface area (Å²) >= 11 is 0. The number of anilines is 1. The molecule has 1 aromatic heterocycles. The van der Waals surface area contributed by atoms with Crippen LogP contribution in [0, 0.1) is 17.3 Å². The first kappa shape index (κ1) is 18.7. The summed E-state index contributed by atoms with van der Waals surface area (Å²) < 4.78 is 1.90. The standard InChI is InChI=1S/C22H31N3O/c1-22(2,3)19-11-9-18(10-12-19)21(26)24-20-15-23-25(16-20)14-13-17-7-5-4-6-8-17/h4-8,15-16,18-19H,9-14H2,1-3H3,(H,24,26). The molecule has 3 rings (SSSR count). The molecule has 0 bridgehead atoms. The molecule has 1 fully saturated rings. The Morgan fingerprint density at radius 3 is 2.50 bits per heavy atom. The number of carbonyl (C=O) groups is 1. The lowest BCUT2D eigenvalue weighted by Crippen LogP contribution is -2.31. The van der Waals surface area contributed by atoms with Gasteiger partial charge in [-0.25, -0.2) is 0 Å². The van der Waals surface area contributed by atoms with Crippen LogP contribution in [0.5, 0.6) is 0 Å². The van der Waals surface area contributed by atoms with Gasteiger partial charge in [-0.3, -0.25) is 9.48 Å². The van der Waals surface area contributed by atoms with Gasteiger partial charge in [0.2, 0.25) is 5.91 Å². The quantitative estimate of drug-likeness (QED) is 0.829. The average molecular weight is 354 g/mol. The SMILES string of the molecule is CC(C)(C)C1CCC(C(=O)Nc2cnn(CCc3ccccc3)c2)CC1. The van der Waals surface area contributed by atoms with Crippen LogP contribution in [0.15, 0.2) is 42.7 Å². The maximum absolute atomic E-state index is 12.6. The molecule has 4 heteroatoms. The minimum Gasteiger partial charge on any atom is -0.323 e. The normalized spacial score (nSPS) is 20.7. The van der Waals surface area contributed by atoms with Crippen molar-refractivity contribution in [3.05, 3.63) is 48.3 Å². The Bertz CT molecular complexity index is 706. The van der Waals surface area contributed by atoms with E-state index in [1.807, 2.05) is 16.9 Å². The molecule has 1 amide bonds. The summed E-state index contributed by atoms with van der Waals surface area (Å²) in [4.78, 5) is 12.6. The van der Waals surface area contributed by atoms with Gasteiger partial charge in [0.25, 0.3) is 0 Å². The summed E-state index contributed by atoms with van der Waals surface area (Å²) in [5.74, 6) is 1.02. The molecule has 140 valence electrons. The molecule has 4 nitrogen and oxygen atoms in total. The molecule has 26 heavy (non-hydrogen) atoms. The van der Waals surface area contributed by atoms with E-state index >= 15 is 0 Å². The van der Waals surface area contributed by atoms with Crippen LogP contribution in [0.25, 0.3) is 0 Å². The van der Waals surface area contributed by atoms with Gasteiger partial charge in [-0.1, -0.05) is 51.1 Å². The van der Waals surface area contributed by atoms with Gasteiger partial charge in [0.05, 0.1) is 11.9 Å². The molecular formula is C22H31N3O. The maximum Gasteiger partial charge on any atom is 0.227 e. The van der Waals surface area contributed by atoms with Gasteiger partial charge in [-0.05, 0) is 49.0 Å². The first-order valence-electron chi connectivity index (χ1n) is 9.79. The topological polar surface area (TPSA) is 46.9 Å². The lowest BCUT2D eigenvalue weighted by Gasteiger charge is -2.36. The number of hydrogen-bond donors (Lipinski definition) is 1. The third kappa shape index (κ3) is 4.96. The van der Waals surface area contributed by atoms with Gasteiger partial charge in [-0.15, -0.1) is 0 Å². The third-order valence-corrected chi connectivity index (χ3v) is 5.70. The van der Waals surface area contributed by atoms with Crippen LogP contribution >= 0.6 is 0 Å². The van der Waals surface area contributed by atoms with Gasteiger partial charge in [0.15, 0.2) is 0 Å². The molecule has 0 radical (unpaired) electrons. The van der Waals surface area contributed by atoms with Gasteiger partial charge in [0.1, 0.15) is 0 Å². The van der Waals surface area contributed by atoms with Crippen LogP contribution in [0.4, 0.5) is 5.69 Å². The highest BCUT2D eigenvalue weighted by Crippen LogP contribution is 2.40. The Kier molecular flexibility index (Phi) is 5.80. The highest BCUT2D eigenvalue weighted by atomic mass is 16.1. The molecule has 1 heterocycles. The molecule has 1 aliphatic rings. The summed E-state index contributed by atoms with van der Waals surface area (Å²) in [5.41, 5.74) is 2.45. The van der Waals surface area contributed by atoms with E-state index in [0.717, 1.165) is 50.3 Å². The van der Waals surface area contributed by atoms with Crippen molar-refractivity contribution in [2.45, 2.75) is 59.4 Å². The van der Waals surface area contributed by atoms with E-state index in [2.05, 4.69) is 55.5 Å². The zero-order valence-electron chi connectivity index (χ0n) is 16.2. The smallest absolute Gasteiger partial charge is 0.227 e. The van der Waals surface area contributed by atoms with Crippen molar-refractivity contribution in [1.82, 2.24) is 9.78 Å². The monoisotopic (exact) mass is 353 g/mol. The molecule has 1 N–H and O–H groups in total. The second-order valence-corrected chi connectivity index (χ2v) is 8.63. The van der Waals surface area contributed by atoms with Crippen molar-refractivity contribution in [3.8, 4) is 0 Å². The van der Waals surface area contributed by atoms with E-state index in [0.29, 0.717) is 5.41 Å². The minimum atomic E-state index is 0.140. The van der Waals surface area contributed by atoms with Crippen LogP contribution in [0.2, 0.25) is 0 Å². The number of carbonyl (C=O) groups excluding carboxylic acids is 1. The van der Waals surface area contributed by atoms with E-state index in [1.54, 1.807) is 6.20 Å². The van der Waals surface area contributed by atoms with Gasteiger partial charge in [0, 0.05) is 18.7 Å². The van der Waals surface area contributed by atoms with Crippen LogP contribution in [0.3, 0.4) is 0 Å². The first-order valence-corrected chi connectivity index (χ1v) is 9.79. The summed E-state index contributed by atoms with van der Waals surface area (Å²) in [6.45, 7) is 7.74. The Morgan fingerprint density at radius 1 is 1.15 bits per heavy atom. The van der Waals surface area contributed by atoms with E-state index in [9.17, 15) is 4.79 Å². The number of rotatable bonds is 5. The molecular weight excluding hydrogens is 322 g/mol. The van der Waals surface area contributed by atoms with Crippen LogP contribution in [-0.2, 0) is 17.8 Å². The minimum absolute atomic E-state index is 0.140. The van der Waals surface area contributed by atoms with Gasteiger partial charge in [-0.2, -0.15) is 5.10 Å². The van der Waals surface area contributed by atoms with Crippen molar-refractivity contribution in [3.63, 3.8) is 0 Å². The molecule has 2 aromatic rings. The van der Waals surface area contributed by atoms with Crippen molar-refractivity contribution in [1.29, 1.82) is 0 Å². The van der Waals surface area contributed by atoms with Crippen molar-refractivity contribution < 1.29 is 4.79 Å². The number of aromatic nitrogens is 2. The molecule has 0 spiro atoms. The Hall–Kier alpha value is -2.10. The number of hydrogen-bond acceptors (Lipinski definition) is 2. The third-order valence-electron chi connectivity index (χ3n) is 5.70. The van der Waals surface area contributed by atoms with Crippen LogP contribution < -0.4 is 5.32 Å². The van der Waals surface area contributed by atoms with Gasteiger partial charge < -0.3 is 5.32 Å². The molecule has 0 aliphatic heterocycles. The molecule has 0 atom stereocenters. The predicted octanol–water partition coefficient (Wildman–Crippen LogP) is 4.92. The largest absolute Gasteiger partial charge is 0.323 e. The Balaban J connectivity index is 1.47. The second-order valence-electron chi connectivity index (χ2n) is 8.63. The lowest BCUT2D eigenvalue weighted by molar-refractivity contribution is -0.121. The predicted molar refractivity (Wildman–Crippen MR) is 106 cm³/mol. The number of nitrogens with zero attached hydrogens (tertiary/aromatic N) is 2. The number of aryl methyl sites for hydroxylation is 2. The highest BCUT2D eigenvalue weighted by Gasteiger charge is 2.32. The number of amides is 1. The lowest BCUT2D eigenvalue weighted by atomic mass is 9.69. The fourth-order valence-electron chi connectivity index (χ4n) is 3.90. The van der Waals surface area contributed by atoms with E-state index in [4.69, 9.17) is 0 Å². The zero-order valence-corrected chi connectivity index (χ0v) is 16.2. The molecule has 0 saturated heterocycles. The van der Waals surface area contributed by atoms with Crippen molar-refractivity contribution in [2.24, 2.45) is 17.3 Å². The second kappa shape index (κ2) is 8.07. The van der Waals surface area contributed by atoms with E-state index in [1.165, 1.54) is 5.56 Å². The number of benzene rings is 1. The van der Waals surface area contributed by atoms with Gasteiger partial charge >= 0.3 is 0 Å². The fraction of sp³-hybridized carbons (Fsp3) is 0.545. The summed E-state index contributed by atoms with van der Waals surface area (Å²) in [5, 5.41) is 7.44.